The lowest BCUT2D eigenvalue weighted by Gasteiger charge is -2.39. The van der Waals surface area contributed by atoms with Crippen molar-refractivity contribution in [2.24, 2.45) is 0 Å². The van der Waals surface area contributed by atoms with Gasteiger partial charge in [-0.1, -0.05) is 15.9 Å². The Morgan fingerprint density at radius 2 is 2.12 bits per heavy atom. The van der Waals surface area contributed by atoms with Gasteiger partial charge < -0.3 is 4.90 Å². The van der Waals surface area contributed by atoms with Crippen molar-refractivity contribution in [2.45, 2.75) is 31.7 Å². The molecule has 0 amide bonds. The largest absolute Gasteiger partial charge is 0.353 e. The zero-order valence-corrected chi connectivity index (χ0v) is 14.3. The highest BCUT2D eigenvalue weighted by Gasteiger charge is 2.26. The Labute approximate surface area is 128 Å². The summed E-state index contributed by atoms with van der Waals surface area (Å²) in [5.74, 6) is 1.08. The first-order valence-electron chi connectivity index (χ1n) is 5.86. The van der Waals surface area contributed by atoms with Crippen LogP contribution in [0.4, 0.5) is 5.82 Å². The van der Waals surface area contributed by atoms with Crippen LogP contribution < -0.4 is 4.90 Å². The van der Waals surface area contributed by atoms with Gasteiger partial charge in [-0.25, -0.2) is 4.98 Å². The molecule has 0 unspecified atom stereocenters. The lowest BCUT2D eigenvalue weighted by Crippen LogP contribution is -2.41. The van der Waals surface area contributed by atoms with Gasteiger partial charge in [0.05, 0.1) is 4.47 Å². The SMILES string of the molecule is BrCCCN(c1ncc(Br)cc1Br)C1CCC1. The van der Waals surface area contributed by atoms with E-state index in [2.05, 4.69) is 63.7 Å². The number of hydrogen-bond acceptors (Lipinski definition) is 2. The average molecular weight is 427 g/mol. The van der Waals surface area contributed by atoms with E-state index < -0.39 is 0 Å². The van der Waals surface area contributed by atoms with Crippen molar-refractivity contribution in [2.75, 3.05) is 16.8 Å². The highest BCUT2D eigenvalue weighted by Crippen LogP contribution is 2.33. The van der Waals surface area contributed by atoms with Crippen LogP contribution in [0.5, 0.6) is 0 Å². The van der Waals surface area contributed by atoms with Crippen LogP contribution in [0.1, 0.15) is 25.7 Å². The summed E-state index contributed by atoms with van der Waals surface area (Å²) >= 11 is 10.6. The number of pyridine rings is 1. The molecule has 1 aromatic rings. The topological polar surface area (TPSA) is 16.1 Å². The maximum Gasteiger partial charge on any atom is 0.143 e. The maximum absolute atomic E-state index is 4.55. The first-order chi connectivity index (χ1) is 8.22. The zero-order valence-electron chi connectivity index (χ0n) is 9.50. The van der Waals surface area contributed by atoms with Gasteiger partial charge in [-0.15, -0.1) is 0 Å². The molecule has 0 aromatic carbocycles. The molecule has 5 heteroatoms. The number of anilines is 1. The van der Waals surface area contributed by atoms with Gasteiger partial charge in [0.2, 0.25) is 0 Å². The fourth-order valence-electron chi connectivity index (χ4n) is 2.01. The third-order valence-electron chi connectivity index (χ3n) is 3.11. The third kappa shape index (κ3) is 3.44. The van der Waals surface area contributed by atoms with Gasteiger partial charge in [0.25, 0.3) is 0 Å². The smallest absolute Gasteiger partial charge is 0.143 e. The molecule has 1 aliphatic rings. The second kappa shape index (κ2) is 6.53. The zero-order chi connectivity index (χ0) is 12.3. The molecule has 0 radical (unpaired) electrons. The lowest BCUT2D eigenvalue weighted by atomic mass is 9.91. The van der Waals surface area contributed by atoms with Gasteiger partial charge in [-0.05, 0) is 63.6 Å². The number of rotatable bonds is 5. The number of aromatic nitrogens is 1. The molecule has 1 heterocycles. The van der Waals surface area contributed by atoms with Gasteiger partial charge >= 0.3 is 0 Å². The maximum atomic E-state index is 4.55. The second-order valence-electron chi connectivity index (χ2n) is 4.28. The van der Waals surface area contributed by atoms with Crippen molar-refractivity contribution in [3.8, 4) is 0 Å². The van der Waals surface area contributed by atoms with Gasteiger partial charge in [0.15, 0.2) is 0 Å². The molecule has 1 saturated carbocycles. The molecule has 0 saturated heterocycles. The molecule has 0 N–H and O–H groups in total. The van der Waals surface area contributed by atoms with Crippen LogP contribution in [0.25, 0.3) is 0 Å². The quantitative estimate of drug-likeness (QED) is 0.631. The van der Waals surface area contributed by atoms with Gasteiger partial charge in [0, 0.05) is 28.6 Å². The lowest BCUT2D eigenvalue weighted by molar-refractivity contribution is 0.384. The Morgan fingerprint density at radius 1 is 1.35 bits per heavy atom. The molecule has 2 rings (SSSR count). The molecule has 0 aliphatic heterocycles. The number of hydrogen-bond donors (Lipinski definition) is 0. The average Bonchev–Trinajstić information content (AvgIpc) is 2.22. The fourth-order valence-corrected chi connectivity index (χ4v) is 3.47. The number of halogens is 3. The van der Waals surface area contributed by atoms with E-state index in [1.54, 1.807) is 0 Å². The van der Waals surface area contributed by atoms with Crippen molar-refractivity contribution >= 4 is 53.6 Å². The Morgan fingerprint density at radius 3 is 2.65 bits per heavy atom. The van der Waals surface area contributed by atoms with Crippen LogP contribution in [-0.4, -0.2) is 22.9 Å². The van der Waals surface area contributed by atoms with Gasteiger partial charge in [0.1, 0.15) is 5.82 Å². The summed E-state index contributed by atoms with van der Waals surface area (Å²) in [6, 6.07) is 2.75. The van der Waals surface area contributed by atoms with Crippen molar-refractivity contribution in [1.82, 2.24) is 4.98 Å². The van der Waals surface area contributed by atoms with E-state index in [0.717, 1.165) is 33.1 Å². The van der Waals surface area contributed by atoms with E-state index in [0.29, 0.717) is 6.04 Å². The Hall–Kier alpha value is 0.390. The van der Waals surface area contributed by atoms with Crippen molar-refractivity contribution in [1.29, 1.82) is 0 Å². The van der Waals surface area contributed by atoms with Crippen LogP contribution in [0, 0.1) is 0 Å². The summed E-state index contributed by atoms with van der Waals surface area (Å²) in [7, 11) is 0. The van der Waals surface area contributed by atoms with Crippen LogP contribution in [-0.2, 0) is 0 Å². The molecular formula is C12H15Br3N2. The van der Waals surface area contributed by atoms with Crippen molar-refractivity contribution in [3.05, 3.63) is 21.2 Å². The number of nitrogens with zero attached hydrogens (tertiary/aromatic N) is 2. The van der Waals surface area contributed by atoms with E-state index in [4.69, 9.17) is 0 Å². The monoisotopic (exact) mass is 424 g/mol. The highest BCUT2D eigenvalue weighted by molar-refractivity contribution is 9.11. The minimum Gasteiger partial charge on any atom is -0.353 e. The van der Waals surface area contributed by atoms with Crippen LogP contribution >= 0.6 is 47.8 Å². The molecule has 1 fully saturated rings. The third-order valence-corrected chi connectivity index (χ3v) is 4.69. The van der Waals surface area contributed by atoms with E-state index in [9.17, 15) is 0 Å². The van der Waals surface area contributed by atoms with Gasteiger partial charge in [-0.2, -0.15) is 0 Å². The Kier molecular flexibility index (Phi) is 5.30. The normalized spacial score (nSPS) is 15.7. The van der Waals surface area contributed by atoms with Crippen LogP contribution in [0.15, 0.2) is 21.2 Å². The molecule has 2 nitrogen and oxygen atoms in total. The van der Waals surface area contributed by atoms with Crippen molar-refractivity contribution < 1.29 is 0 Å². The Balaban J connectivity index is 2.17. The van der Waals surface area contributed by atoms with Crippen molar-refractivity contribution in [3.63, 3.8) is 0 Å². The Bertz CT molecular complexity index is 380. The fraction of sp³-hybridized carbons (Fsp3) is 0.583. The van der Waals surface area contributed by atoms with E-state index in [1.807, 2.05) is 6.20 Å². The highest BCUT2D eigenvalue weighted by atomic mass is 79.9. The molecule has 17 heavy (non-hydrogen) atoms. The summed E-state index contributed by atoms with van der Waals surface area (Å²) in [5.41, 5.74) is 0. The molecule has 1 aromatic heterocycles. The molecule has 0 atom stereocenters. The molecule has 0 spiro atoms. The summed E-state index contributed by atoms with van der Waals surface area (Å²) in [6.07, 6.45) is 6.98. The first-order valence-corrected chi connectivity index (χ1v) is 8.57. The molecule has 1 aliphatic carbocycles. The predicted molar refractivity (Wildman–Crippen MR) is 83.0 cm³/mol. The van der Waals surface area contributed by atoms with E-state index in [-0.39, 0.29) is 0 Å². The summed E-state index contributed by atoms with van der Waals surface area (Å²) in [6.45, 7) is 1.07. The predicted octanol–water partition coefficient (Wildman–Crippen LogP) is 4.75. The van der Waals surface area contributed by atoms with E-state index >= 15 is 0 Å². The van der Waals surface area contributed by atoms with Gasteiger partial charge in [-0.3, -0.25) is 0 Å². The summed E-state index contributed by atoms with van der Waals surface area (Å²) < 4.78 is 2.09. The van der Waals surface area contributed by atoms with Crippen LogP contribution in [0.2, 0.25) is 0 Å². The minimum absolute atomic E-state index is 0.680. The second-order valence-corrected chi connectivity index (χ2v) is 6.84. The molecule has 0 bridgehead atoms. The van der Waals surface area contributed by atoms with Crippen LogP contribution in [0.3, 0.4) is 0 Å². The summed E-state index contributed by atoms with van der Waals surface area (Å²) in [5, 5.41) is 1.05. The molecular weight excluding hydrogens is 412 g/mol. The standard InChI is InChI=1S/C12H15Br3N2/c13-5-2-6-17(10-3-1-4-10)12-11(15)7-9(14)8-16-12/h7-8,10H,1-6H2. The molecule has 94 valence electrons. The minimum atomic E-state index is 0.680. The summed E-state index contributed by atoms with van der Waals surface area (Å²) in [4.78, 5) is 7.00. The van der Waals surface area contributed by atoms with E-state index in [1.165, 1.54) is 19.3 Å². The first kappa shape index (κ1) is 13.8. The number of alkyl halides is 1.